The molecule has 2 aromatic rings. The second kappa shape index (κ2) is 8.71. The molecule has 4 nitrogen and oxygen atoms in total. The minimum absolute atomic E-state index is 0.149. The fraction of sp³-hybridized carbons (Fsp3) is 0.222. The van der Waals surface area contributed by atoms with Crippen LogP contribution in [0.3, 0.4) is 0 Å². The standard InChI is InChI=1S/C18H16Cl2O4/c1-12(21)23-11-10-17(13-2-6-15(19)7-3-13)24-18(22)14-4-8-16(20)9-5-14/h2-9,17H,10-11H2,1H3. The van der Waals surface area contributed by atoms with E-state index in [1.54, 1.807) is 48.5 Å². The van der Waals surface area contributed by atoms with Gasteiger partial charge >= 0.3 is 11.9 Å². The van der Waals surface area contributed by atoms with Crippen LogP contribution in [0.5, 0.6) is 0 Å². The monoisotopic (exact) mass is 366 g/mol. The topological polar surface area (TPSA) is 52.6 Å². The van der Waals surface area contributed by atoms with E-state index >= 15 is 0 Å². The fourth-order valence-electron chi connectivity index (χ4n) is 2.06. The number of rotatable bonds is 6. The van der Waals surface area contributed by atoms with E-state index in [2.05, 4.69) is 0 Å². The maximum absolute atomic E-state index is 12.3. The van der Waals surface area contributed by atoms with E-state index in [-0.39, 0.29) is 12.6 Å². The van der Waals surface area contributed by atoms with Crippen LogP contribution in [0.15, 0.2) is 48.5 Å². The number of carbonyl (C=O) groups is 2. The van der Waals surface area contributed by atoms with Gasteiger partial charge in [0, 0.05) is 23.4 Å². The zero-order chi connectivity index (χ0) is 17.5. The SMILES string of the molecule is CC(=O)OCCC(OC(=O)c1ccc(Cl)cc1)c1ccc(Cl)cc1. The van der Waals surface area contributed by atoms with Crippen LogP contribution in [0, 0.1) is 0 Å². The van der Waals surface area contributed by atoms with Gasteiger partial charge in [0.1, 0.15) is 6.10 Å². The summed E-state index contributed by atoms with van der Waals surface area (Å²) in [5.41, 5.74) is 1.17. The molecule has 24 heavy (non-hydrogen) atoms. The highest BCUT2D eigenvalue weighted by Gasteiger charge is 2.18. The van der Waals surface area contributed by atoms with Gasteiger partial charge in [-0.05, 0) is 42.0 Å². The Labute approximate surface area is 150 Å². The molecule has 0 fully saturated rings. The lowest BCUT2D eigenvalue weighted by atomic mass is 10.1. The molecule has 0 radical (unpaired) electrons. The zero-order valence-electron chi connectivity index (χ0n) is 13.0. The molecule has 0 saturated heterocycles. The molecule has 0 N–H and O–H groups in total. The first-order chi connectivity index (χ1) is 11.5. The molecule has 0 bridgehead atoms. The van der Waals surface area contributed by atoms with Crippen molar-refractivity contribution in [2.45, 2.75) is 19.4 Å². The van der Waals surface area contributed by atoms with E-state index in [0.29, 0.717) is 22.0 Å². The third kappa shape index (κ3) is 5.55. The Morgan fingerprint density at radius 1 is 0.958 bits per heavy atom. The van der Waals surface area contributed by atoms with Crippen molar-refractivity contribution in [1.82, 2.24) is 0 Å². The highest BCUT2D eigenvalue weighted by Crippen LogP contribution is 2.25. The third-order valence-corrected chi connectivity index (χ3v) is 3.76. The van der Waals surface area contributed by atoms with Gasteiger partial charge in [0.25, 0.3) is 0 Å². The molecule has 0 amide bonds. The molecule has 0 spiro atoms. The van der Waals surface area contributed by atoms with Gasteiger partial charge < -0.3 is 9.47 Å². The summed E-state index contributed by atoms with van der Waals surface area (Å²) in [6, 6.07) is 13.4. The van der Waals surface area contributed by atoms with Gasteiger partial charge in [-0.2, -0.15) is 0 Å². The maximum atomic E-state index is 12.3. The van der Waals surface area contributed by atoms with Crippen LogP contribution in [0.25, 0.3) is 0 Å². The minimum atomic E-state index is -0.551. The van der Waals surface area contributed by atoms with E-state index in [0.717, 1.165) is 5.56 Å². The molecule has 0 aromatic heterocycles. The van der Waals surface area contributed by atoms with E-state index < -0.39 is 12.1 Å². The van der Waals surface area contributed by atoms with Crippen molar-refractivity contribution in [3.8, 4) is 0 Å². The van der Waals surface area contributed by atoms with Gasteiger partial charge in [-0.15, -0.1) is 0 Å². The largest absolute Gasteiger partial charge is 0.466 e. The van der Waals surface area contributed by atoms with Gasteiger partial charge in [0.05, 0.1) is 12.2 Å². The number of halogens is 2. The Morgan fingerprint density at radius 3 is 2.04 bits per heavy atom. The molecule has 126 valence electrons. The summed E-state index contributed by atoms with van der Waals surface area (Å²) < 4.78 is 10.5. The summed E-state index contributed by atoms with van der Waals surface area (Å²) in [7, 11) is 0. The van der Waals surface area contributed by atoms with E-state index in [9.17, 15) is 9.59 Å². The van der Waals surface area contributed by atoms with Gasteiger partial charge in [0.15, 0.2) is 0 Å². The summed E-state index contributed by atoms with van der Waals surface area (Å²) in [6.07, 6.45) is -0.203. The quantitative estimate of drug-likeness (QED) is 0.686. The number of hydrogen-bond donors (Lipinski definition) is 0. The van der Waals surface area contributed by atoms with Gasteiger partial charge in [0.2, 0.25) is 0 Å². The molecule has 0 aliphatic heterocycles. The number of ether oxygens (including phenoxy) is 2. The fourth-order valence-corrected chi connectivity index (χ4v) is 2.32. The predicted molar refractivity (Wildman–Crippen MR) is 92.3 cm³/mol. The number of esters is 2. The minimum Gasteiger partial charge on any atom is -0.466 e. The Morgan fingerprint density at radius 2 is 1.50 bits per heavy atom. The molecular weight excluding hydrogens is 351 g/mol. The van der Waals surface area contributed by atoms with Crippen molar-refractivity contribution in [3.63, 3.8) is 0 Å². The van der Waals surface area contributed by atoms with Crippen molar-refractivity contribution >= 4 is 35.1 Å². The zero-order valence-corrected chi connectivity index (χ0v) is 14.5. The third-order valence-electron chi connectivity index (χ3n) is 3.26. The average molecular weight is 367 g/mol. The van der Waals surface area contributed by atoms with Crippen molar-refractivity contribution in [2.75, 3.05) is 6.61 Å². The van der Waals surface area contributed by atoms with E-state index in [1.165, 1.54) is 6.92 Å². The molecule has 0 aliphatic rings. The summed E-state index contributed by atoms with van der Waals surface area (Å²) in [4.78, 5) is 23.2. The lowest BCUT2D eigenvalue weighted by Gasteiger charge is -2.18. The highest BCUT2D eigenvalue weighted by molar-refractivity contribution is 6.30. The molecule has 1 atom stereocenters. The number of hydrogen-bond acceptors (Lipinski definition) is 4. The van der Waals surface area contributed by atoms with Gasteiger partial charge in [-0.25, -0.2) is 4.79 Å². The van der Waals surface area contributed by atoms with Crippen LogP contribution >= 0.6 is 23.2 Å². The van der Waals surface area contributed by atoms with Crippen molar-refractivity contribution < 1.29 is 19.1 Å². The van der Waals surface area contributed by atoms with Crippen molar-refractivity contribution in [2.24, 2.45) is 0 Å². The Bertz CT molecular complexity index is 696. The average Bonchev–Trinajstić information content (AvgIpc) is 2.55. The lowest BCUT2D eigenvalue weighted by molar-refractivity contribution is -0.141. The second-order valence-electron chi connectivity index (χ2n) is 5.08. The lowest BCUT2D eigenvalue weighted by Crippen LogP contribution is -2.14. The smallest absolute Gasteiger partial charge is 0.338 e. The molecule has 1 unspecified atom stereocenters. The summed E-state index contributed by atoms with van der Waals surface area (Å²) in [5, 5.41) is 1.12. The summed E-state index contributed by atoms with van der Waals surface area (Å²) >= 11 is 11.7. The number of carbonyl (C=O) groups excluding carboxylic acids is 2. The molecule has 2 rings (SSSR count). The molecular formula is C18H16Cl2O4. The Kier molecular flexibility index (Phi) is 6.64. The van der Waals surface area contributed by atoms with Crippen LogP contribution in [-0.2, 0) is 14.3 Å². The normalized spacial score (nSPS) is 11.6. The Balaban J connectivity index is 2.12. The molecule has 0 aliphatic carbocycles. The summed E-state index contributed by atoms with van der Waals surface area (Å²) in [5.74, 6) is -0.858. The van der Waals surface area contributed by atoms with Gasteiger partial charge in [-0.1, -0.05) is 35.3 Å². The van der Waals surface area contributed by atoms with Crippen LogP contribution in [0.1, 0.15) is 35.4 Å². The number of benzene rings is 2. The van der Waals surface area contributed by atoms with Crippen molar-refractivity contribution in [1.29, 1.82) is 0 Å². The van der Waals surface area contributed by atoms with Crippen molar-refractivity contribution in [3.05, 3.63) is 69.7 Å². The highest BCUT2D eigenvalue weighted by atomic mass is 35.5. The first-order valence-corrected chi connectivity index (χ1v) is 8.06. The van der Waals surface area contributed by atoms with Crippen LogP contribution < -0.4 is 0 Å². The summed E-state index contributed by atoms with van der Waals surface area (Å²) in [6.45, 7) is 1.48. The van der Waals surface area contributed by atoms with Crippen LogP contribution in [0.4, 0.5) is 0 Å². The molecule has 0 saturated carbocycles. The van der Waals surface area contributed by atoms with Gasteiger partial charge in [-0.3, -0.25) is 4.79 Å². The predicted octanol–water partition coefficient (Wildman–Crippen LogP) is 4.84. The Hall–Kier alpha value is -2.04. The molecule has 6 heteroatoms. The molecule has 2 aromatic carbocycles. The van der Waals surface area contributed by atoms with E-state index in [4.69, 9.17) is 32.7 Å². The second-order valence-corrected chi connectivity index (χ2v) is 5.95. The first kappa shape index (κ1) is 18.3. The van der Waals surface area contributed by atoms with Crippen LogP contribution in [-0.4, -0.2) is 18.5 Å². The maximum Gasteiger partial charge on any atom is 0.338 e. The van der Waals surface area contributed by atoms with Crippen LogP contribution in [0.2, 0.25) is 10.0 Å². The molecule has 0 heterocycles. The van der Waals surface area contributed by atoms with E-state index in [1.807, 2.05) is 0 Å². The first-order valence-electron chi connectivity index (χ1n) is 7.31.